The van der Waals surface area contributed by atoms with E-state index in [9.17, 15) is 9.59 Å². The van der Waals surface area contributed by atoms with E-state index in [-0.39, 0.29) is 17.9 Å². The number of fused-ring (bicyclic) bond motifs is 2. The van der Waals surface area contributed by atoms with Crippen LogP contribution in [0.25, 0.3) is 44.6 Å². The highest BCUT2D eigenvalue weighted by molar-refractivity contribution is 6.36. The fourth-order valence-electron chi connectivity index (χ4n) is 7.20. The zero-order chi connectivity index (χ0) is 42.1. The second kappa shape index (κ2) is 17.0. The second-order valence-corrected chi connectivity index (χ2v) is 15.7. The van der Waals surface area contributed by atoms with Crippen LogP contribution < -0.4 is 10.6 Å². The summed E-state index contributed by atoms with van der Waals surface area (Å²) in [5.41, 5.74) is 7.70. The molecule has 0 unspecified atom stereocenters. The maximum Gasteiger partial charge on any atom is 0.251 e. The topological polar surface area (TPSA) is 180 Å². The summed E-state index contributed by atoms with van der Waals surface area (Å²) in [5, 5.41) is 32.0. The summed E-state index contributed by atoms with van der Waals surface area (Å²) in [5.74, 6) is 2.71. The summed E-state index contributed by atoms with van der Waals surface area (Å²) in [6, 6.07) is 21.0. The number of aryl methyl sites for hydroxylation is 3. The Hall–Kier alpha value is -6.42. The number of aromatic nitrogens is 10. The molecule has 0 bridgehead atoms. The summed E-state index contributed by atoms with van der Waals surface area (Å²) in [4.78, 5) is 36.0. The number of rotatable bonds is 10. The molecule has 2 amide bonds. The fraction of sp³-hybridized carbons (Fsp3) is 0.256. The van der Waals surface area contributed by atoms with E-state index in [1.807, 2.05) is 95.7 Å². The lowest BCUT2D eigenvalue weighted by molar-refractivity contribution is 0.0857. The Kier molecular flexibility index (Phi) is 11.5. The largest absolute Gasteiger partial charge is 0.352 e. The predicted molar refractivity (Wildman–Crippen MR) is 232 cm³/mol. The van der Waals surface area contributed by atoms with Crippen molar-refractivity contribution in [3.05, 3.63) is 129 Å². The third-order valence-corrected chi connectivity index (χ3v) is 11.4. The summed E-state index contributed by atoms with van der Waals surface area (Å²) in [6.45, 7) is 6.23. The van der Waals surface area contributed by atoms with E-state index < -0.39 is 0 Å². The molecule has 1 fully saturated rings. The van der Waals surface area contributed by atoms with Crippen LogP contribution in [-0.2, 0) is 26.9 Å². The highest BCUT2D eigenvalue weighted by Gasteiger charge is 2.25. The van der Waals surface area contributed by atoms with E-state index in [0.29, 0.717) is 52.2 Å². The van der Waals surface area contributed by atoms with E-state index >= 15 is 0 Å². The average Bonchev–Trinajstić information content (AvgIpc) is 4.05. The molecule has 9 rings (SSSR count). The van der Waals surface area contributed by atoms with E-state index in [1.165, 1.54) is 0 Å². The van der Waals surface area contributed by atoms with Gasteiger partial charge in [-0.3, -0.25) is 29.2 Å². The Labute approximate surface area is 355 Å². The van der Waals surface area contributed by atoms with Crippen molar-refractivity contribution in [2.45, 2.75) is 32.7 Å². The molecule has 60 heavy (non-hydrogen) atoms. The van der Waals surface area contributed by atoms with Crippen LogP contribution >= 0.6 is 23.2 Å². The molecule has 4 N–H and O–H groups in total. The van der Waals surface area contributed by atoms with Crippen molar-refractivity contribution < 1.29 is 9.59 Å². The van der Waals surface area contributed by atoms with Gasteiger partial charge < -0.3 is 15.5 Å². The number of nitrogens with one attached hydrogen (secondary N) is 4. The van der Waals surface area contributed by atoms with Gasteiger partial charge in [0, 0.05) is 79.6 Å². The molecule has 1 aliphatic rings. The molecule has 0 spiro atoms. The molecular weight excluding hydrogens is 801 g/mol. The lowest BCUT2D eigenvalue weighted by Gasteiger charge is -2.36. The van der Waals surface area contributed by atoms with Crippen LogP contribution in [0, 0.1) is 6.92 Å². The number of likely N-dealkylation sites (tertiary alicyclic amines) is 1. The number of likely N-dealkylation sites (N-methyl/N-ethyl adjacent to an activating group) is 1. The van der Waals surface area contributed by atoms with Crippen molar-refractivity contribution >= 4 is 56.8 Å². The van der Waals surface area contributed by atoms with Crippen LogP contribution in [0.4, 0.5) is 0 Å². The van der Waals surface area contributed by atoms with E-state index in [1.54, 1.807) is 27.8 Å². The molecule has 5 heterocycles. The normalized spacial score (nSPS) is 13.0. The van der Waals surface area contributed by atoms with Crippen molar-refractivity contribution in [1.29, 1.82) is 0 Å². The maximum absolute atomic E-state index is 12.4. The lowest BCUT2D eigenvalue weighted by Crippen LogP contribution is -2.57. The van der Waals surface area contributed by atoms with Gasteiger partial charge in [-0.25, -0.2) is 9.97 Å². The molecule has 1 aliphatic heterocycles. The average molecular weight is 845 g/mol. The van der Waals surface area contributed by atoms with Gasteiger partial charge in [0.05, 0.1) is 39.5 Å². The van der Waals surface area contributed by atoms with Crippen LogP contribution in [-0.4, -0.2) is 99.4 Å². The van der Waals surface area contributed by atoms with Gasteiger partial charge in [-0.05, 0) is 74.0 Å². The minimum atomic E-state index is -0.0823. The Morgan fingerprint density at radius 2 is 1.28 bits per heavy atom. The number of aromatic amines is 2. The monoisotopic (exact) mass is 843 g/mol. The van der Waals surface area contributed by atoms with Gasteiger partial charge in [-0.1, -0.05) is 53.5 Å². The molecule has 0 radical (unpaired) electrons. The molecular formula is C43H43Cl2N13O2. The smallest absolute Gasteiger partial charge is 0.251 e. The summed E-state index contributed by atoms with van der Waals surface area (Å²) >= 11 is 13.1. The highest BCUT2D eigenvalue weighted by Crippen LogP contribution is 2.30. The zero-order valence-electron chi connectivity index (χ0n) is 33.7. The van der Waals surface area contributed by atoms with Gasteiger partial charge in [-0.2, -0.15) is 20.4 Å². The fourth-order valence-corrected chi connectivity index (χ4v) is 7.76. The van der Waals surface area contributed by atoms with E-state index in [2.05, 4.69) is 46.1 Å². The Bertz CT molecular complexity index is 2850. The summed E-state index contributed by atoms with van der Waals surface area (Å²) in [6.07, 6.45) is 4.56. The van der Waals surface area contributed by atoms with E-state index in [4.69, 9.17) is 33.2 Å². The number of carbonyl (C=O) groups is 2. The molecule has 0 atom stereocenters. The zero-order valence-corrected chi connectivity index (χ0v) is 35.2. The van der Waals surface area contributed by atoms with Crippen LogP contribution in [0.1, 0.15) is 56.0 Å². The van der Waals surface area contributed by atoms with Crippen LogP contribution in [0.2, 0.25) is 10.0 Å². The first-order valence-electron chi connectivity index (χ1n) is 19.5. The number of benzene rings is 4. The molecule has 17 heteroatoms. The Balaban J connectivity index is 0.000000167. The molecule has 0 aliphatic carbocycles. The first-order chi connectivity index (χ1) is 28.9. The van der Waals surface area contributed by atoms with Crippen LogP contribution in [0.5, 0.6) is 0 Å². The third-order valence-electron chi connectivity index (χ3n) is 10.6. The number of amides is 2. The quantitative estimate of drug-likeness (QED) is 0.123. The van der Waals surface area contributed by atoms with Crippen molar-refractivity contribution in [2.24, 2.45) is 14.1 Å². The highest BCUT2D eigenvalue weighted by atomic mass is 35.5. The molecule has 306 valence electrons. The summed E-state index contributed by atoms with van der Waals surface area (Å²) < 4.78 is 3.53. The van der Waals surface area contributed by atoms with Gasteiger partial charge in [-0.15, -0.1) is 0 Å². The Morgan fingerprint density at radius 3 is 1.83 bits per heavy atom. The SMILES string of the molecule is CCNC(=O)c1ccc(-c2nc(Cc3ccc4[nH]ncc4c3Cl)n(C)n2)c(C)c1.CN1CC(NC(=O)c2ccc(-c3nc(Cc4ccc5[nH]ncc5c4Cl)n(C)n3)cc2)C1. The standard InChI is InChI=1S/C22H22ClN7O.C21H21ClN6O/c1-29-11-16(12-29)25-22(31)14-5-3-13(4-6-14)21-26-19(30(2)28-21)9-15-7-8-18-17(20(15)23)10-24-27-18;1-4-23-21(29)14-5-7-15(12(2)9-14)20-25-18(28(3)27-20)10-13-6-8-17-16(19(13)22)11-24-26-17/h3-8,10,16H,9,11-12H2,1-2H3,(H,24,27)(H,25,31);5-9,11H,4,10H2,1-3H3,(H,23,29)(H,24,26). The van der Waals surface area contributed by atoms with Crippen molar-refractivity contribution in [2.75, 3.05) is 26.7 Å². The van der Waals surface area contributed by atoms with Crippen molar-refractivity contribution in [3.63, 3.8) is 0 Å². The number of carbonyl (C=O) groups excluding carboxylic acids is 2. The van der Waals surface area contributed by atoms with Gasteiger partial charge >= 0.3 is 0 Å². The number of nitrogens with zero attached hydrogens (tertiary/aromatic N) is 9. The molecule has 1 saturated heterocycles. The maximum atomic E-state index is 12.4. The molecule has 0 saturated carbocycles. The predicted octanol–water partition coefficient (Wildman–Crippen LogP) is 6.31. The van der Waals surface area contributed by atoms with E-state index in [0.717, 1.165) is 74.4 Å². The van der Waals surface area contributed by atoms with Crippen LogP contribution in [0.3, 0.4) is 0 Å². The van der Waals surface area contributed by atoms with Gasteiger partial charge in [0.15, 0.2) is 11.6 Å². The van der Waals surface area contributed by atoms with Gasteiger partial charge in [0.1, 0.15) is 11.6 Å². The third kappa shape index (κ3) is 8.37. The summed E-state index contributed by atoms with van der Waals surface area (Å²) in [7, 11) is 5.78. The van der Waals surface area contributed by atoms with Crippen LogP contribution in [0.15, 0.2) is 79.1 Å². The van der Waals surface area contributed by atoms with Crippen molar-refractivity contribution in [1.82, 2.24) is 65.5 Å². The lowest BCUT2D eigenvalue weighted by atomic mass is 10.0. The molecule has 4 aromatic carbocycles. The first-order valence-corrected chi connectivity index (χ1v) is 20.2. The number of halogens is 2. The minimum Gasteiger partial charge on any atom is -0.352 e. The minimum absolute atomic E-state index is 0.0522. The number of H-pyrrole nitrogens is 2. The first kappa shape index (κ1) is 40.4. The molecule has 15 nitrogen and oxygen atoms in total. The molecule has 8 aromatic rings. The van der Waals surface area contributed by atoms with Gasteiger partial charge in [0.25, 0.3) is 11.8 Å². The Morgan fingerprint density at radius 1 is 0.733 bits per heavy atom. The molecule has 4 aromatic heterocycles. The van der Waals surface area contributed by atoms with Gasteiger partial charge in [0.2, 0.25) is 0 Å². The number of hydrogen-bond donors (Lipinski definition) is 4. The second-order valence-electron chi connectivity index (χ2n) is 14.9. The van der Waals surface area contributed by atoms with Crippen molar-refractivity contribution in [3.8, 4) is 22.8 Å². The number of hydrogen-bond acceptors (Lipinski definition) is 9.